The van der Waals surface area contributed by atoms with Gasteiger partial charge in [-0.1, -0.05) is 54.6 Å². The smallest absolute Gasteiger partial charge is 0.419 e. The number of aromatic amines is 1. The number of aromatic nitrogens is 2. The maximum absolute atomic E-state index is 11.1. The number of rotatable bonds is 8. The molecule has 0 saturated heterocycles. The molecule has 5 nitrogen and oxygen atoms in total. The highest BCUT2D eigenvalue weighted by Gasteiger charge is 2.10. The van der Waals surface area contributed by atoms with Gasteiger partial charge in [-0.2, -0.15) is 0 Å². The van der Waals surface area contributed by atoms with Gasteiger partial charge in [0.25, 0.3) is 0 Å². The first kappa shape index (κ1) is 20.2. The third-order valence-corrected chi connectivity index (χ3v) is 6.14. The van der Waals surface area contributed by atoms with Crippen molar-refractivity contribution in [3.8, 4) is 17.1 Å². The molecule has 0 amide bonds. The van der Waals surface area contributed by atoms with Crippen LogP contribution in [0.25, 0.3) is 11.3 Å². The molecule has 154 valence electrons. The number of aryl methyl sites for hydroxylation is 5. The fourth-order valence-electron chi connectivity index (χ4n) is 3.52. The van der Waals surface area contributed by atoms with Crippen LogP contribution in [0, 0.1) is 6.92 Å². The lowest BCUT2D eigenvalue weighted by Crippen LogP contribution is -1.94. The number of nitrogens with one attached hydrogen (secondary N) is 1. The van der Waals surface area contributed by atoms with Crippen LogP contribution in [-0.4, -0.2) is 15.1 Å². The van der Waals surface area contributed by atoms with E-state index in [0.717, 1.165) is 31.4 Å². The average molecular weight is 421 g/mol. The number of hydrogen-bond acceptors (Lipinski definition) is 5. The summed E-state index contributed by atoms with van der Waals surface area (Å²) in [6.45, 7) is 2.14. The fraction of sp³-hybridized carbons (Fsp3) is 0.250. The Morgan fingerprint density at radius 1 is 0.967 bits per heavy atom. The molecular formula is C24H24N2O3S. The number of nitrogens with zero attached hydrogens (tertiary/aromatic N) is 1. The first-order valence-corrected chi connectivity index (χ1v) is 10.9. The number of hydrogen-bond donors (Lipinski definition) is 2. The molecule has 0 saturated carbocycles. The van der Waals surface area contributed by atoms with Crippen molar-refractivity contribution in [2.24, 2.45) is 0 Å². The highest BCUT2D eigenvalue weighted by Crippen LogP contribution is 2.28. The number of H-pyrrole nitrogens is 1. The largest absolute Gasteiger partial charge is 0.492 e. The summed E-state index contributed by atoms with van der Waals surface area (Å²) in [4.78, 5) is 19.4. The van der Waals surface area contributed by atoms with Crippen LogP contribution >= 0.6 is 11.3 Å². The van der Waals surface area contributed by atoms with Gasteiger partial charge in [-0.05, 0) is 37.3 Å². The van der Waals surface area contributed by atoms with Gasteiger partial charge in [-0.15, -0.1) is 11.3 Å². The molecule has 0 aliphatic heterocycles. The molecule has 2 aromatic carbocycles. The van der Waals surface area contributed by atoms with Crippen molar-refractivity contribution < 1.29 is 9.52 Å². The lowest BCUT2D eigenvalue weighted by molar-refractivity contribution is 0.417. The molecule has 0 fully saturated rings. The number of thiazole rings is 1. The van der Waals surface area contributed by atoms with E-state index < -0.39 is 5.76 Å². The maximum Gasteiger partial charge on any atom is 0.419 e. The standard InChI is InChI=1S/C24H24N2O3S/c1-16-22(19-7-3-2-4-8-19)25-21(30-16)15-14-18-12-10-17(11-13-18)6-5-9-20-23(27)26-24(28)29-20/h2-4,7-8,10-13,27H,5-6,9,14-15H2,1H3,(H,26,28). The zero-order chi connectivity index (χ0) is 20.9. The Balaban J connectivity index is 1.30. The summed E-state index contributed by atoms with van der Waals surface area (Å²) in [6, 6.07) is 19.0. The number of benzene rings is 2. The predicted molar refractivity (Wildman–Crippen MR) is 119 cm³/mol. The lowest BCUT2D eigenvalue weighted by atomic mass is 10.0. The second-order valence-electron chi connectivity index (χ2n) is 7.33. The van der Waals surface area contributed by atoms with Crippen molar-refractivity contribution in [2.75, 3.05) is 0 Å². The van der Waals surface area contributed by atoms with E-state index in [1.54, 1.807) is 11.3 Å². The van der Waals surface area contributed by atoms with E-state index in [1.807, 2.05) is 18.2 Å². The molecule has 2 heterocycles. The summed E-state index contributed by atoms with van der Waals surface area (Å²) < 4.78 is 4.92. The van der Waals surface area contributed by atoms with Crippen LogP contribution in [0.2, 0.25) is 0 Å². The van der Waals surface area contributed by atoms with E-state index in [1.165, 1.54) is 26.6 Å². The Morgan fingerprint density at radius 2 is 1.67 bits per heavy atom. The number of oxazole rings is 1. The van der Waals surface area contributed by atoms with Gasteiger partial charge in [0.15, 0.2) is 5.76 Å². The maximum atomic E-state index is 11.1. The topological polar surface area (TPSA) is 79.1 Å². The van der Waals surface area contributed by atoms with Crippen LogP contribution in [0.3, 0.4) is 0 Å². The van der Waals surface area contributed by atoms with Crippen molar-refractivity contribution in [3.05, 3.63) is 91.9 Å². The predicted octanol–water partition coefficient (Wildman–Crippen LogP) is 5.07. The van der Waals surface area contributed by atoms with Crippen molar-refractivity contribution in [2.45, 2.75) is 39.0 Å². The van der Waals surface area contributed by atoms with Gasteiger partial charge in [0.05, 0.1) is 10.7 Å². The number of aromatic hydroxyl groups is 1. The molecule has 6 heteroatoms. The van der Waals surface area contributed by atoms with Crippen molar-refractivity contribution in [1.29, 1.82) is 0 Å². The summed E-state index contributed by atoms with van der Waals surface area (Å²) in [7, 11) is 0. The summed E-state index contributed by atoms with van der Waals surface area (Å²) in [5.41, 5.74) is 4.79. The highest BCUT2D eigenvalue weighted by molar-refractivity contribution is 7.12. The first-order valence-electron chi connectivity index (χ1n) is 10.1. The molecule has 30 heavy (non-hydrogen) atoms. The quantitative estimate of drug-likeness (QED) is 0.417. The van der Waals surface area contributed by atoms with E-state index in [4.69, 9.17) is 9.40 Å². The molecule has 0 bridgehead atoms. The van der Waals surface area contributed by atoms with Gasteiger partial charge >= 0.3 is 5.76 Å². The fourth-order valence-corrected chi connectivity index (χ4v) is 4.48. The molecule has 2 aromatic heterocycles. The van der Waals surface area contributed by atoms with Crippen LogP contribution in [0.15, 0.2) is 63.8 Å². The third kappa shape index (κ3) is 4.89. The van der Waals surface area contributed by atoms with E-state index in [2.05, 4.69) is 48.3 Å². The van der Waals surface area contributed by atoms with Crippen LogP contribution in [0.4, 0.5) is 0 Å². The van der Waals surface area contributed by atoms with E-state index in [9.17, 15) is 9.90 Å². The zero-order valence-corrected chi connectivity index (χ0v) is 17.7. The van der Waals surface area contributed by atoms with Gasteiger partial charge < -0.3 is 9.52 Å². The monoisotopic (exact) mass is 420 g/mol. The molecule has 4 rings (SSSR count). The molecule has 4 aromatic rings. The molecule has 0 radical (unpaired) electrons. The van der Waals surface area contributed by atoms with E-state index in [-0.39, 0.29) is 5.88 Å². The van der Waals surface area contributed by atoms with Crippen molar-refractivity contribution >= 4 is 11.3 Å². The zero-order valence-electron chi connectivity index (χ0n) is 16.9. The van der Waals surface area contributed by atoms with Crippen LogP contribution in [0.1, 0.15) is 33.2 Å². The highest BCUT2D eigenvalue weighted by atomic mass is 32.1. The lowest BCUT2D eigenvalue weighted by Gasteiger charge is -2.04. The summed E-state index contributed by atoms with van der Waals surface area (Å²) in [6.07, 6.45) is 4.09. The Kier molecular flexibility index (Phi) is 6.14. The van der Waals surface area contributed by atoms with Gasteiger partial charge in [0.2, 0.25) is 5.88 Å². The second-order valence-corrected chi connectivity index (χ2v) is 8.62. The molecule has 0 aliphatic rings. The van der Waals surface area contributed by atoms with Gasteiger partial charge in [0, 0.05) is 23.3 Å². The van der Waals surface area contributed by atoms with Gasteiger partial charge in [0.1, 0.15) is 0 Å². The van der Waals surface area contributed by atoms with Crippen molar-refractivity contribution in [1.82, 2.24) is 9.97 Å². The van der Waals surface area contributed by atoms with Crippen LogP contribution in [-0.2, 0) is 25.7 Å². The molecular weight excluding hydrogens is 396 g/mol. The van der Waals surface area contributed by atoms with Gasteiger partial charge in [-0.3, -0.25) is 4.98 Å². The molecule has 0 aliphatic carbocycles. The van der Waals surface area contributed by atoms with Crippen molar-refractivity contribution in [3.63, 3.8) is 0 Å². The Bertz CT molecular complexity index is 1160. The Hall–Kier alpha value is -3.12. The summed E-state index contributed by atoms with van der Waals surface area (Å²) in [5.74, 6) is -0.452. The molecule has 0 unspecified atom stereocenters. The van der Waals surface area contributed by atoms with Crippen LogP contribution < -0.4 is 5.76 Å². The Labute approximate surface area is 179 Å². The van der Waals surface area contributed by atoms with Gasteiger partial charge in [-0.25, -0.2) is 9.78 Å². The second kappa shape index (κ2) is 9.13. The minimum atomic E-state index is -0.613. The minimum Gasteiger partial charge on any atom is -0.492 e. The molecule has 0 atom stereocenters. The van der Waals surface area contributed by atoms with Crippen LogP contribution in [0.5, 0.6) is 5.88 Å². The summed E-state index contributed by atoms with van der Waals surface area (Å²) in [5, 5.41) is 10.7. The molecule has 0 spiro atoms. The average Bonchev–Trinajstić information content (AvgIpc) is 3.29. The van der Waals surface area contributed by atoms with E-state index in [0.29, 0.717) is 12.2 Å². The van der Waals surface area contributed by atoms with E-state index >= 15 is 0 Å². The SMILES string of the molecule is Cc1sc(CCc2ccc(CCCc3oc(=O)[nH]c3O)cc2)nc1-c1ccccc1. The minimum absolute atomic E-state index is 0.164. The normalized spacial score (nSPS) is 11.1. The first-order chi connectivity index (χ1) is 14.6. The summed E-state index contributed by atoms with van der Waals surface area (Å²) >= 11 is 1.78. The molecule has 2 N–H and O–H groups in total. The third-order valence-electron chi connectivity index (χ3n) is 5.11. The Morgan fingerprint density at radius 3 is 2.33 bits per heavy atom.